The Morgan fingerprint density at radius 2 is 1.75 bits per heavy atom. The number of nitrogens with one attached hydrogen (secondary N) is 2. The Morgan fingerprint density at radius 1 is 1.08 bits per heavy atom. The van der Waals surface area contributed by atoms with Crippen molar-refractivity contribution in [2.75, 3.05) is 11.9 Å². The molecular formula is C16H24N6O2. The Bertz CT molecular complexity index is 759. The molecular weight excluding hydrogens is 308 g/mol. The lowest BCUT2D eigenvalue weighted by molar-refractivity contribution is -0.115. The van der Waals surface area contributed by atoms with Gasteiger partial charge in [0.2, 0.25) is 5.91 Å². The Kier molecular flexibility index (Phi) is 5.38. The van der Waals surface area contributed by atoms with Crippen molar-refractivity contribution in [2.24, 2.45) is 0 Å². The van der Waals surface area contributed by atoms with Gasteiger partial charge in [-0.05, 0) is 40.7 Å². The average Bonchev–Trinajstić information content (AvgIpc) is 3.06. The van der Waals surface area contributed by atoms with Crippen LogP contribution in [-0.4, -0.2) is 37.9 Å². The molecule has 0 radical (unpaired) electrons. The van der Waals surface area contributed by atoms with Crippen LogP contribution in [0.4, 0.5) is 5.69 Å². The second-order valence-electron chi connectivity index (χ2n) is 5.58. The molecule has 0 spiro atoms. The van der Waals surface area contributed by atoms with E-state index in [0.29, 0.717) is 17.9 Å². The quantitative estimate of drug-likeness (QED) is 0.836. The SMILES string of the molecule is CCn1nc(C)cc1C(=O)NCC(=O)Nc1c(C)nn(CC)c1C. The van der Waals surface area contributed by atoms with Crippen molar-refractivity contribution in [2.45, 2.75) is 47.7 Å². The standard InChI is InChI=1S/C16H24N6O2/c1-6-21-12(5)15(11(4)20-21)18-14(23)9-17-16(24)13-8-10(3)19-22(13)7-2/h8H,6-7,9H2,1-5H3,(H,17,24)(H,18,23). The molecule has 2 aromatic rings. The molecule has 0 bridgehead atoms. The summed E-state index contributed by atoms with van der Waals surface area (Å²) in [5.74, 6) is -0.602. The second kappa shape index (κ2) is 7.29. The molecule has 130 valence electrons. The van der Waals surface area contributed by atoms with E-state index in [0.717, 1.165) is 23.6 Å². The van der Waals surface area contributed by atoms with Crippen molar-refractivity contribution in [1.29, 1.82) is 0 Å². The average molecular weight is 332 g/mol. The number of nitrogens with zero attached hydrogens (tertiary/aromatic N) is 4. The minimum atomic E-state index is -0.315. The molecule has 0 atom stereocenters. The first-order valence-corrected chi connectivity index (χ1v) is 8.03. The van der Waals surface area contributed by atoms with Crippen LogP contribution in [0.2, 0.25) is 0 Å². The highest BCUT2D eigenvalue weighted by Crippen LogP contribution is 2.18. The highest BCUT2D eigenvalue weighted by atomic mass is 16.2. The monoisotopic (exact) mass is 332 g/mol. The summed E-state index contributed by atoms with van der Waals surface area (Å²) in [7, 11) is 0. The predicted molar refractivity (Wildman–Crippen MR) is 91.0 cm³/mol. The number of amides is 2. The van der Waals surface area contributed by atoms with E-state index in [1.165, 1.54) is 0 Å². The smallest absolute Gasteiger partial charge is 0.269 e. The number of aromatic nitrogens is 4. The lowest BCUT2D eigenvalue weighted by atomic mass is 10.3. The number of carbonyl (C=O) groups is 2. The van der Waals surface area contributed by atoms with Gasteiger partial charge in [0.1, 0.15) is 5.69 Å². The third kappa shape index (κ3) is 3.64. The van der Waals surface area contributed by atoms with Crippen molar-refractivity contribution < 1.29 is 9.59 Å². The van der Waals surface area contributed by atoms with Crippen LogP contribution in [0.1, 0.15) is 41.4 Å². The first-order valence-electron chi connectivity index (χ1n) is 8.03. The molecule has 8 heteroatoms. The van der Waals surface area contributed by atoms with Gasteiger partial charge in [-0.2, -0.15) is 10.2 Å². The van der Waals surface area contributed by atoms with Crippen LogP contribution in [0, 0.1) is 20.8 Å². The molecule has 24 heavy (non-hydrogen) atoms. The molecule has 0 saturated heterocycles. The summed E-state index contributed by atoms with van der Waals surface area (Å²) in [4.78, 5) is 24.3. The van der Waals surface area contributed by atoms with Gasteiger partial charge in [0.15, 0.2) is 0 Å². The fraction of sp³-hybridized carbons (Fsp3) is 0.500. The zero-order chi connectivity index (χ0) is 17.9. The van der Waals surface area contributed by atoms with Crippen LogP contribution in [0.25, 0.3) is 0 Å². The van der Waals surface area contributed by atoms with Gasteiger partial charge in [0.05, 0.1) is 29.3 Å². The molecule has 2 heterocycles. The fourth-order valence-corrected chi connectivity index (χ4v) is 2.59. The minimum Gasteiger partial charge on any atom is -0.342 e. The van der Waals surface area contributed by atoms with Crippen LogP contribution >= 0.6 is 0 Å². The molecule has 2 aromatic heterocycles. The van der Waals surface area contributed by atoms with E-state index >= 15 is 0 Å². The summed E-state index contributed by atoms with van der Waals surface area (Å²) in [5.41, 5.74) is 3.58. The lowest BCUT2D eigenvalue weighted by Gasteiger charge is -2.08. The molecule has 0 fully saturated rings. The maximum absolute atomic E-state index is 12.2. The van der Waals surface area contributed by atoms with Crippen LogP contribution < -0.4 is 10.6 Å². The Hall–Kier alpha value is -2.64. The third-order valence-corrected chi connectivity index (χ3v) is 3.79. The van der Waals surface area contributed by atoms with Gasteiger partial charge in [-0.3, -0.25) is 19.0 Å². The largest absolute Gasteiger partial charge is 0.342 e. The zero-order valence-corrected chi connectivity index (χ0v) is 14.8. The number of hydrogen-bond donors (Lipinski definition) is 2. The highest BCUT2D eigenvalue weighted by Gasteiger charge is 2.16. The summed E-state index contributed by atoms with van der Waals surface area (Å²) in [6.45, 7) is 10.7. The molecule has 0 aliphatic rings. The Labute approximate surface area is 141 Å². The van der Waals surface area contributed by atoms with Gasteiger partial charge in [-0.1, -0.05) is 0 Å². The lowest BCUT2D eigenvalue weighted by Crippen LogP contribution is -2.34. The van der Waals surface area contributed by atoms with E-state index in [1.54, 1.807) is 10.7 Å². The van der Waals surface area contributed by atoms with Crippen LogP contribution in [0.3, 0.4) is 0 Å². The number of rotatable bonds is 6. The van der Waals surface area contributed by atoms with E-state index in [4.69, 9.17) is 0 Å². The number of hydrogen-bond acceptors (Lipinski definition) is 4. The van der Waals surface area contributed by atoms with Crippen LogP contribution in [-0.2, 0) is 17.9 Å². The Balaban J connectivity index is 1.98. The molecule has 0 aliphatic carbocycles. The number of anilines is 1. The summed E-state index contributed by atoms with van der Waals surface area (Å²) in [6.07, 6.45) is 0. The molecule has 8 nitrogen and oxygen atoms in total. The van der Waals surface area contributed by atoms with Crippen molar-refractivity contribution in [1.82, 2.24) is 24.9 Å². The molecule has 2 amide bonds. The summed E-state index contributed by atoms with van der Waals surface area (Å²) < 4.78 is 3.44. The van der Waals surface area contributed by atoms with E-state index in [9.17, 15) is 9.59 Å². The Morgan fingerprint density at radius 3 is 2.33 bits per heavy atom. The van der Waals surface area contributed by atoms with Gasteiger partial charge >= 0.3 is 0 Å². The third-order valence-electron chi connectivity index (χ3n) is 3.79. The maximum atomic E-state index is 12.2. The second-order valence-corrected chi connectivity index (χ2v) is 5.58. The first kappa shape index (κ1) is 17.7. The van der Waals surface area contributed by atoms with E-state index in [2.05, 4.69) is 20.8 Å². The number of aryl methyl sites for hydroxylation is 4. The molecule has 0 saturated carbocycles. The summed E-state index contributed by atoms with van der Waals surface area (Å²) in [5, 5.41) is 14.0. The molecule has 2 N–H and O–H groups in total. The van der Waals surface area contributed by atoms with Crippen molar-refractivity contribution >= 4 is 17.5 Å². The zero-order valence-electron chi connectivity index (χ0n) is 14.8. The summed E-state index contributed by atoms with van der Waals surface area (Å²) >= 11 is 0. The summed E-state index contributed by atoms with van der Waals surface area (Å²) in [6, 6.07) is 1.70. The highest BCUT2D eigenvalue weighted by molar-refractivity contribution is 5.99. The molecule has 0 aliphatic heterocycles. The van der Waals surface area contributed by atoms with Crippen molar-refractivity contribution in [3.8, 4) is 0 Å². The minimum absolute atomic E-state index is 0.108. The van der Waals surface area contributed by atoms with E-state index in [1.807, 2.05) is 39.3 Å². The van der Waals surface area contributed by atoms with Gasteiger partial charge < -0.3 is 10.6 Å². The predicted octanol–water partition coefficient (Wildman–Crippen LogP) is 1.41. The van der Waals surface area contributed by atoms with Crippen molar-refractivity contribution in [3.05, 3.63) is 28.8 Å². The van der Waals surface area contributed by atoms with Crippen LogP contribution in [0.15, 0.2) is 6.07 Å². The van der Waals surface area contributed by atoms with Gasteiger partial charge in [-0.25, -0.2) is 0 Å². The van der Waals surface area contributed by atoms with Gasteiger partial charge in [0, 0.05) is 13.1 Å². The molecule has 0 aromatic carbocycles. The molecule has 0 unspecified atom stereocenters. The van der Waals surface area contributed by atoms with E-state index < -0.39 is 0 Å². The van der Waals surface area contributed by atoms with Gasteiger partial charge in [-0.15, -0.1) is 0 Å². The first-order chi connectivity index (χ1) is 11.4. The van der Waals surface area contributed by atoms with Crippen LogP contribution in [0.5, 0.6) is 0 Å². The van der Waals surface area contributed by atoms with Gasteiger partial charge in [0.25, 0.3) is 5.91 Å². The van der Waals surface area contributed by atoms with E-state index in [-0.39, 0.29) is 18.4 Å². The molecule has 2 rings (SSSR count). The fourth-order valence-electron chi connectivity index (χ4n) is 2.59. The van der Waals surface area contributed by atoms with Crippen molar-refractivity contribution in [3.63, 3.8) is 0 Å². The number of carbonyl (C=O) groups excluding carboxylic acids is 2. The maximum Gasteiger partial charge on any atom is 0.269 e. The topological polar surface area (TPSA) is 93.8 Å². The normalized spacial score (nSPS) is 10.7.